The number of benzene rings is 2. The SMILES string of the molecule is O=C(Nc1ccccc1)OCC1(COC(=O)Nc2ccccc2)C[C@@H]2C=C[C@H]1C2. The van der Waals surface area contributed by atoms with E-state index in [-0.39, 0.29) is 24.5 Å². The van der Waals surface area contributed by atoms with Crippen molar-refractivity contribution in [3.63, 3.8) is 0 Å². The first-order chi connectivity index (χ1) is 14.1. The van der Waals surface area contributed by atoms with Crippen LogP contribution in [0.3, 0.4) is 0 Å². The zero-order valence-electron chi connectivity index (χ0n) is 16.0. The Morgan fingerprint density at radius 3 is 1.76 bits per heavy atom. The van der Waals surface area contributed by atoms with Crippen molar-refractivity contribution < 1.29 is 19.1 Å². The lowest BCUT2D eigenvalue weighted by molar-refractivity contribution is 0.0172. The van der Waals surface area contributed by atoms with Crippen molar-refractivity contribution in [2.45, 2.75) is 12.8 Å². The van der Waals surface area contributed by atoms with Crippen molar-refractivity contribution in [2.75, 3.05) is 23.8 Å². The zero-order chi connectivity index (χ0) is 20.1. The van der Waals surface area contributed by atoms with Crippen LogP contribution in [0.1, 0.15) is 12.8 Å². The fourth-order valence-corrected chi connectivity index (χ4v) is 4.20. The zero-order valence-corrected chi connectivity index (χ0v) is 16.0. The lowest BCUT2D eigenvalue weighted by atomic mass is 9.77. The standard InChI is InChI=1S/C23H24N2O4/c26-21(24-19-7-3-1-4-8-19)28-15-23(14-17-11-12-18(23)13-17)16-29-22(27)25-20-9-5-2-6-10-20/h1-12,17-18H,13-16H2,(H,24,26)(H,25,27)/t17-,18+/m1/s1. The van der Waals surface area contributed by atoms with Gasteiger partial charge in [-0.1, -0.05) is 48.6 Å². The van der Waals surface area contributed by atoms with E-state index in [1.165, 1.54) is 0 Å². The number of para-hydroxylation sites is 2. The lowest BCUT2D eigenvalue weighted by Gasteiger charge is -2.34. The highest BCUT2D eigenvalue weighted by Crippen LogP contribution is 2.52. The maximum absolute atomic E-state index is 12.2. The predicted octanol–water partition coefficient (Wildman–Crippen LogP) is 5.07. The minimum Gasteiger partial charge on any atom is -0.449 e. The molecule has 0 heterocycles. The summed E-state index contributed by atoms with van der Waals surface area (Å²) in [5, 5.41) is 5.45. The molecule has 1 fully saturated rings. The first-order valence-electron chi connectivity index (χ1n) is 9.79. The van der Waals surface area contributed by atoms with Crippen LogP contribution >= 0.6 is 0 Å². The van der Waals surface area contributed by atoms with Crippen molar-refractivity contribution in [1.29, 1.82) is 0 Å². The largest absolute Gasteiger partial charge is 0.449 e. The molecule has 2 amide bonds. The molecule has 2 N–H and O–H groups in total. The molecule has 2 aliphatic carbocycles. The van der Waals surface area contributed by atoms with Crippen LogP contribution in [-0.4, -0.2) is 25.4 Å². The van der Waals surface area contributed by atoms with Gasteiger partial charge in [0.1, 0.15) is 13.2 Å². The predicted molar refractivity (Wildman–Crippen MR) is 111 cm³/mol. The highest BCUT2D eigenvalue weighted by Gasteiger charge is 2.50. The monoisotopic (exact) mass is 392 g/mol. The Kier molecular flexibility index (Phi) is 5.51. The van der Waals surface area contributed by atoms with Gasteiger partial charge in [0.2, 0.25) is 0 Å². The Morgan fingerprint density at radius 2 is 1.34 bits per heavy atom. The summed E-state index contributed by atoms with van der Waals surface area (Å²) in [6.07, 6.45) is 5.20. The molecule has 2 aliphatic rings. The number of nitrogens with one attached hydrogen (secondary N) is 2. The second-order valence-corrected chi connectivity index (χ2v) is 7.69. The number of rotatable bonds is 6. The first kappa shape index (κ1) is 19.1. The van der Waals surface area contributed by atoms with Crippen LogP contribution in [0.4, 0.5) is 21.0 Å². The molecule has 6 heteroatoms. The maximum Gasteiger partial charge on any atom is 0.411 e. The Morgan fingerprint density at radius 1 is 0.828 bits per heavy atom. The van der Waals surface area contributed by atoms with Gasteiger partial charge in [0, 0.05) is 16.8 Å². The Bertz CT molecular complexity index is 825. The minimum absolute atomic E-state index is 0.204. The number of fused-ring (bicyclic) bond motifs is 2. The van der Waals surface area contributed by atoms with Gasteiger partial charge >= 0.3 is 12.2 Å². The van der Waals surface area contributed by atoms with E-state index in [4.69, 9.17) is 9.47 Å². The van der Waals surface area contributed by atoms with Gasteiger partial charge in [-0.3, -0.25) is 10.6 Å². The molecule has 0 aliphatic heterocycles. The Hall–Kier alpha value is -3.28. The molecule has 0 aromatic heterocycles. The average molecular weight is 392 g/mol. The summed E-state index contributed by atoms with van der Waals surface area (Å²) < 4.78 is 11.1. The van der Waals surface area contributed by atoms with Crippen molar-refractivity contribution in [2.24, 2.45) is 17.3 Å². The molecule has 0 unspecified atom stereocenters. The molecule has 1 saturated carbocycles. The smallest absolute Gasteiger partial charge is 0.411 e. The van der Waals surface area contributed by atoms with E-state index in [9.17, 15) is 9.59 Å². The Labute approximate surface area is 169 Å². The van der Waals surface area contributed by atoms with Crippen LogP contribution in [0.25, 0.3) is 0 Å². The third-order valence-electron chi connectivity index (χ3n) is 5.65. The molecule has 0 spiro atoms. The fourth-order valence-electron chi connectivity index (χ4n) is 4.20. The van der Waals surface area contributed by atoms with E-state index in [1.54, 1.807) is 24.3 Å². The van der Waals surface area contributed by atoms with E-state index < -0.39 is 12.2 Å². The van der Waals surface area contributed by atoms with Crippen molar-refractivity contribution in [3.8, 4) is 0 Å². The van der Waals surface area contributed by atoms with Crippen molar-refractivity contribution in [1.82, 2.24) is 0 Å². The number of carbonyl (C=O) groups is 2. The van der Waals surface area contributed by atoms with Gasteiger partial charge in [-0.05, 0) is 48.9 Å². The van der Waals surface area contributed by atoms with Crippen LogP contribution in [0, 0.1) is 17.3 Å². The fraction of sp³-hybridized carbons (Fsp3) is 0.304. The molecule has 2 aromatic rings. The molecule has 2 aromatic carbocycles. The second kappa shape index (κ2) is 8.39. The van der Waals surface area contributed by atoms with Crippen LogP contribution in [0.15, 0.2) is 72.8 Å². The lowest BCUT2D eigenvalue weighted by Crippen LogP contribution is -2.39. The van der Waals surface area contributed by atoms with Gasteiger partial charge in [-0.25, -0.2) is 9.59 Å². The summed E-state index contributed by atoms with van der Waals surface area (Å²) in [6.45, 7) is 0.408. The van der Waals surface area contributed by atoms with Crippen LogP contribution < -0.4 is 10.6 Å². The van der Waals surface area contributed by atoms with E-state index in [1.807, 2.05) is 36.4 Å². The summed E-state index contributed by atoms with van der Waals surface area (Å²) in [5.41, 5.74) is 0.970. The van der Waals surface area contributed by atoms with E-state index in [0.29, 0.717) is 17.3 Å². The van der Waals surface area contributed by atoms with Gasteiger partial charge in [-0.15, -0.1) is 0 Å². The third kappa shape index (κ3) is 4.59. The number of hydrogen-bond acceptors (Lipinski definition) is 4. The number of carbonyl (C=O) groups excluding carboxylic acids is 2. The highest BCUT2D eigenvalue weighted by atomic mass is 16.6. The van der Waals surface area contributed by atoms with Gasteiger partial charge in [-0.2, -0.15) is 0 Å². The van der Waals surface area contributed by atoms with Gasteiger partial charge < -0.3 is 9.47 Å². The van der Waals surface area contributed by atoms with E-state index >= 15 is 0 Å². The van der Waals surface area contributed by atoms with Gasteiger partial charge in [0.25, 0.3) is 0 Å². The van der Waals surface area contributed by atoms with Gasteiger partial charge in [0.15, 0.2) is 0 Å². The average Bonchev–Trinajstić information content (AvgIpc) is 3.34. The summed E-state index contributed by atoms with van der Waals surface area (Å²) in [7, 11) is 0. The molecule has 4 rings (SSSR count). The topological polar surface area (TPSA) is 76.7 Å². The number of anilines is 2. The molecular formula is C23H24N2O4. The Balaban J connectivity index is 1.35. The third-order valence-corrected chi connectivity index (χ3v) is 5.65. The van der Waals surface area contributed by atoms with Crippen LogP contribution in [0.2, 0.25) is 0 Å². The van der Waals surface area contributed by atoms with Crippen molar-refractivity contribution in [3.05, 3.63) is 72.8 Å². The normalized spacial score (nSPS) is 20.8. The quantitative estimate of drug-likeness (QED) is 0.673. The van der Waals surface area contributed by atoms with Crippen molar-refractivity contribution >= 4 is 23.6 Å². The molecule has 2 bridgehead atoms. The van der Waals surface area contributed by atoms with E-state index in [2.05, 4.69) is 22.8 Å². The molecule has 150 valence electrons. The highest BCUT2D eigenvalue weighted by molar-refractivity contribution is 5.85. The summed E-state index contributed by atoms with van der Waals surface area (Å²) in [6, 6.07) is 18.3. The maximum atomic E-state index is 12.2. The number of allylic oxidation sites excluding steroid dienone is 2. The molecular weight excluding hydrogens is 368 g/mol. The summed E-state index contributed by atoms with van der Waals surface area (Å²) in [4.78, 5) is 24.5. The first-order valence-corrected chi connectivity index (χ1v) is 9.79. The number of amides is 2. The minimum atomic E-state index is -0.504. The molecule has 2 atom stereocenters. The summed E-state index contributed by atoms with van der Waals surface area (Å²) >= 11 is 0. The van der Waals surface area contributed by atoms with E-state index in [0.717, 1.165) is 12.8 Å². The summed E-state index contributed by atoms with van der Waals surface area (Å²) in [5.74, 6) is 0.683. The van der Waals surface area contributed by atoms with Crippen LogP contribution in [-0.2, 0) is 9.47 Å². The second-order valence-electron chi connectivity index (χ2n) is 7.69. The molecule has 29 heavy (non-hydrogen) atoms. The van der Waals surface area contributed by atoms with Gasteiger partial charge in [0.05, 0.1) is 0 Å². The van der Waals surface area contributed by atoms with Crippen LogP contribution in [0.5, 0.6) is 0 Å². The number of ether oxygens (including phenoxy) is 2. The number of hydrogen-bond donors (Lipinski definition) is 2. The molecule has 0 radical (unpaired) electrons. The molecule has 0 saturated heterocycles. The molecule has 6 nitrogen and oxygen atoms in total.